The minimum absolute atomic E-state index is 0. The van der Waals surface area contributed by atoms with Crippen molar-refractivity contribution in [3.05, 3.63) is 15.1 Å². The van der Waals surface area contributed by atoms with Crippen LogP contribution in [-0.2, 0) is 31.6 Å². The second-order valence-corrected chi connectivity index (χ2v) is 11.1. The van der Waals surface area contributed by atoms with Crippen molar-refractivity contribution in [1.82, 2.24) is 19.5 Å². The van der Waals surface area contributed by atoms with Gasteiger partial charge in [-0.3, -0.25) is 27.8 Å². The Morgan fingerprint density at radius 1 is 1.11 bits per heavy atom. The van der Waals surface area contributed by atoms with Crippen LogP contribution in [0.5, 0.6) is 0 Å². The quantitative estimate of drug-likeness (QED) is 0.133. The number of aromatic nitrogens is 4. The molecule has 0 bridgehead atoms. The molecule has 1 aliphatic rings. The molecule has 0 saturated carbocycles. The molecule has 0 aliphatic carbocycles. The minimum Gasteiger partial charge on any atom is -0.790 e. The number of phosphoric ester groups is 1. The van der Waals surface area contributed by atoms with E-state index in [1.807, 2.05) is 0 Å². The Balaban J connectivity index is 0. The Bertz CT molecular complexity index is 1250. The molecule has 180 valence electrons. The summed E-state index contributed by atoms with van der Waals surface area (Å²) in [4.78, 5) is 65.5. The zero-order valence-electron chi connectivity index (χ0n) is 19.1. The van der Waals surface area contributed by atoms with Crippen LogP contribution in [-0.4, -0.2) is 43.4 Å². The number of aliphatic hydroxyl groups excluding tert-OH is 1. The van der Waals surface area contributed by atoms with E-state index in [2.05, 4.69) is 44.0 Å². The zero-order chi connectivity index (χ0) is 24.1. The number of imidazole rings is 1. The SMILES string of the molecule is Nc1nc2c(nc(Br)n2[C@H]2C[C@H](O)[C@@H](COP(=O)([O-])OP(=O)([O-])OP(=O)([O-])[O-])O2)c(=O)[nH]1.[Na+].[Na+].[Na+].[Na+]. The molecule has 0 spiro atoms. The van der Waals surface area contributed by atoms with Crippen LogP contribution in [0.25, 0.3) is 11.2 Å². The maximum atomic E-state index is 11.9. The number of halogens is 1. The van der Waals surface area contributed by atoms with Gasteiger partial charge in [0.2, 0.25) is 5.95 Å². The van der Waals surface area contributed by atoms with Crippen molar-refractivity contribution in [2.75, 3.05) is 12.3 Å². The van der Waals surface area contributed by atoms with Gasteiger partial charge in [0.1, 0.15) is 12.3 Å². The second kappa shape index (κ2) is 16.0. The Labute approximate surface area is 298 Å². The number of nitrogen functional groups attached to an aromatic ring is 1. The first-order valence-corrected chi connectivity index (χ1v) is 13.2. The van der Waals surface area contributed by atoms with E-state index in [1.54, 1.807) is 0 Å². The standard InChI is InChI=1S/C10H15BrN5O13P3.4Na/c11-9-13-6-7(14-10(12)15-8(6)18)16(9)5-1-3(17)4(27-5)2-26-31(22,23)29-32(24,25)28-30(19,20)21;;;;/h3-5,17H,1-2H2,(H,22,23)(H,24,25)(H2,19,20,21)(H3,12,14,15,18);;;;/q;4*+1/p-4/t3-,4+,5+;;;;/m0..../s1. The third kappa shape index (κ3) is 11.3. The summed E-state index contributed by atoms with van der Waals surface area (Å²) in [7, 11) is -18.0. The van der Waals surface area contributed by atoms with Gasteiger partial charge in [-0.05, 0) is 15.9 Å². The van der Waals surface area contributed by atoms with E-state index in [0.717, 1.165) is 0 Å². The summed E-state index contributed by atoms with van der Waals surface area (Å²) in [6.45, 7) is -0.981. The number of fused-ring (bicyclic) bond motifs is 1. The minimum atomic E-state index is -6.12. The molecule has 3 rings (SSSR count). The fourth-order valence-electron chi connectivity index (χ4n) is 2.70. The summed E-state index contributed by atoms with van der Waals surface area (Å²) in [5.41, 5.74) is 4.73. The number of H-pyrrole nitrogens is 1. The van der Waals surface area contributed by atoms with Crippen LogP contribution in [0.2, 0.25) is 0 Å². The summed E-state index contributed by atoms with van der Waals surface area (Å²) < 4.78 is 50.7. The number of nitrogens with one attached hydrogen (secondary N) is 1. The predicted molar refractivity (Wildman–Crippen MR) is 95.7 cm³/mol. The van der Waals surface area contributed by atoms with E-state index < -0.39 is 54.1 Å². The van der Waals surface area contributed by atoms with Gasteiger partial charge in [-0.15, -0.1) is 0 Å². The van der Waals surface area contributed by atoms with E-state index >= 15 is 0 Å². The predicted octanol–water partition coefficient (Wildman–Crippen LogP) is -15.1. The average molecular weight is 674 g/mol. The van der Waals surface area contributed by atoms with Crippen LogP contribution in [0, 0.1) is 0 Å². The number of phosphoric acid groups is 3. The molecule has 1 fully saturated rings. The molecule has 2 aromatic rings. The molecule has 1 saturated heterocycles. The first kappa shape index (κ1) is 41.1. The fourth-order valence-corrected chi connectivity index (χ4v) is 6.14. The molecule has 1 aliphatic heterocycles. The number of aliphatic hydroxyl groups is 1. The van der Waals surface area contributed by atoms with Gasteiger partial charge in [0.15, 0.2) is 15.9 Å². The van der Waals surface area contributed by atoms with Crippen LogP contribution >= 0.6 is 39.4 Å². The van der Waals surface area contributed by atoms with Crippen molar-refractivity contribution in [2.24, 2.45) is 0 Å². The fraction of sp³-hybridized carbons (Fsp3) is 0.500. The van der Waals surface area contributed by atoms with Gasteiger partial charge in [-0.25, -0.2) is 9.29 Å². The van der Waals surface area contributed by atoms with Crippen LogP contribution in [0.4, 0.5) is 5.95 Å². The summed E-state index contributed by atoms with van der Waals surface area (Å²) in [5.74, 6) is -0.232. The van der Waals surface area contributed by atoms with E-state index in [9.17, 15) is 43.2 Å². The molecule has 26 heteroatoms. The smallest absolute Gasteiger partial charge is 0.790 e. The van der Waals surface area contributed by atoms with Crippen molar-refractivity contribution in [3.63, 3.8) is 0 Å². The molecular weight excluding hydrogens is 663 g/mol. The number of rotatable bonds is 8. The van der Waals surface area contributed by atoms with Crippen LogP contribution in [0.1, 0.15) is 12.6 Å². The monoisotopic (exact) mass is 673 g/mol. The average Bonchev–Trinajstić information content (AvgIpc) is 3.09. The van der Waals surface area contributed by atoms with Gasteiger partial charge in [-0.2, -0.15) is 4.98 Å². The Kier molecular flexibility index (Phi) is 18.2. The molecule has 36 heavy (non-hydrogen) atoms. The third-order valence-electron chi connectivity index (χ3n) is 3.81. The van der Waals surface area contributed by atoms with Crippen LogP contribution in [0.15, 0.2) is 9.53 Å². The number of ether oxygens (including phenoxy) is 1. The first-order chi connectivity index (χ1) is 14.6. The van der Waals surface area contributed by atoms with E-state index in [4.69, 9.17) is 10.5 Å². The van der Waals surface area contributed by atoms with Gasteiger partial charge in [0, 0.05) is 6.42 Å². The molecule has 2 unspecified atom stereocenters. The summed E-state index contributed by atoms with van der Waals surface area (Å²) >= 11 is 3.10. The van der Waals surface area contributed by atoms with Gasteiger partial charge < -0.3 is 44.2 Å². The molecule has 0 aromatic carbocycles. The van der Waals surface area contributed by atoms with Gasteiger partial charge in [0.25, 0.3) is 21.2 Å². The van der Waals surface area contributed by atoms with Crippen molar-refractivity contribution in [1.29, 1.82) is 0 Å². The first-order valence-electron chi connectivity index (χ1n) is 8.05. The van der Waals surface area contributed by atoms with Crippen LogP contribution in [0.3, 0.4) is 0 Å². The molecule has 5 atom stereocenters. The van der Waals surface area contributed by atoms with Crippen molar-refractivity contribution in [2.45, 2.75) is 24.9 Å². The van der Waals surface area contributed by atoms with E-state index in [1.165, 1.54) is 4.57 Å². The molecule has 18 nitrogen and oxygen atoms in total. The molecule has 0 amide bonds. The normalized spacial score (nSPS) is 22.8. The number of anilines is 1. The Morgan fingerprint density at radius 3 is 2.25 bits per heavy atom. The molecule has 4 N–H and O–H groups in total. The summed E-state index contributed by atoms with van der Waals surface area (Å²) in [5, 5.41) is 10.2. The number of hydrogen-bond donors (Lipinski definition) is 3. The number of hydrogen-bond acceptors (Lipinski definition) is 16. The van der Waals surface area contributed by atoms with Gasteiger partial charge in [0.05, 0.1) is 20.5 Å². The summed E-state index contributed by atoms with van der Waals surface area (Å²) in [6, 6.07) is 0. The summed E-state index contributed by atoms with van der Waals surface area (Å²) in [6.07, 6.45) is -3.94. The van der Waals surface area contributed by atoms with Crippen molar-refractivity contribution < 1.29 is 174 Å². The molecule has 3 heterocycles. The number of nitrogens with zero attached hydrogens (tertiary/aromatic N) is 3. The second-order valence-electron chi connectivity index (χ2n) is 6.11. The Morgan fingerprint density at radius 2 is 1.69 bits per heavy atom. The van der Waals surface area contributed by atoms with E-state index in [-0.39, 0.29) is 146 Å². The van der Waals surface area contributed by atoms with E-state index in [0.29, 0.717) is 0 Å². The molecule has 0 radical (unpaired) electrons. The maximum absolute atomic E-state index is 11.9. The van der Waals surface area contributed by atoms with Gasteiger partial charge in [-0.1, -0.05) is 0 Å². The van der Waals surface area contributed by atoms with Crippen molar-refractivity contribution >= 4 is 56.5 Å². The topological polar surface area (TPSA) is 290 Å². The van der Waals surface area contributed by atoms with Gasteiger partial charge >= 0.3 is 118 Å². The Hall–Kier alpha value is 2.96. The number of aromatic amines is 1. The molecular formula is C10H11BrN5Na4O13P3. The largest absolute Gasteiger partial charge is 1.00 e. The van der Waals surface area contributed by atoms with Crippen molar-refractivity contribution in [3.8, 4) is 0 Å². The molecule has 2 aromatic heterocycles. The van der Waals surface area contributed by atoms with Crippen LogP contribution < -0.4 is 149 Å². The zero-order valence-corrected chi connectivity index (χ0v) is 31.4. The number of nitrogens with two attached hydrogens (primary N) is 1. The maximum Gasteiger partial charge on any atom is 1.00 e. The third-order valence-corrected chi connectivity index (χ3v) is 8.04.